The highest BCUT2D eigenvalue weighted by Crippen LogP contribution is 2.30. The minimum absolute atomic E-state index is 0.396. The summed E-state index contributed by atoms with van der Waals surface area (Å²) in [5.41, 5.74) is 1.01. The fourth-order valence-electron chi connectivity index (χ4n) is 1.19. The van der Waals surface area contributed by atoms with Crippen molar-refractivity contribution in [3.8, 4) is 0 Å². The molecular weight excluding hydrogens is 260 g/mol. The Morgan fingerprint density at radius 1 is 1.50 bits per heavy atom. The van der Waals surface area contributed by atoms with E-state index in [-0.39, 0.29) is 0 Å². The summed E-state index contributed by atoms with van der Waals surface area (Å²) in [6, 6.07) is 6.07. The summed E-state index contributed by atoms with van der Waals surface area (Å²) >= 11 is 5.22. The van der Waals surface area contributed by atoms with Crippen LogP contribution in [0.15, 0.2) is 27.6 Å². The molecule has 1 aromatic rings. The van der Waals surface area contributed by atoms with Crippen molar-refractivity contribution < 1.29 is 5.11 Å². The predicted molar refractivity (Wildman–Crippen MR) is 65.8 cm³/mol. The molecule has 1 atom stereocenters. The maximum Gasteiger partial charge on any atom is 0.0773 e. The van der Waals surface area contributed by atoms with Gasteiger partial charge in [-0.15, -0.1) is 11.8 Å². The fraction of sp³-hybridized carbons (Fsp3) is 0.455. The van der Waals surface area contributed by atoms with Crippen LogP contribution in [-0.4, -0.2) is 10.9 Å². The molecule has 0 amide bonds. The second-order valence-electron chi connectivity index (χ2n) is 3.21. The van der Waals surface area contributed by atoms with Crippen LogP contribution in [0.2, 0.25) is 0 Å². The lowest BCUT2D eigenvalue weighted by atomic mass is 10.1. The van der Waals surface area contributed by atoms with E-state index < -0.39 is 6.10 Å². The van der Waals surface area contributed by atoms with Crippen LogP contribution >= 0.6 is 27.7 Å². The number of thioether (sulfide) groups is 1. The lowest BCUT2D eigenvalue weighted by Crippen LogP contribution is -1.94. The molecule has 78 valence electrons. The van der Waals surface area contributed by atoms with Crippen molar-refractivity contribution >= 4 is 27.7 Å². The Hall–Kier alpha value is 0.01000. The van der Waals surface area contributed by atoms with Crippen LogP contribution < -0.4 is 0 Å². The van der Waals surface area contributed by atoms with Crippen molar-refractivity contribution in [3.63, 3.8) is 0 Å². The van der Waals surface area contributed by atoms with Crippen LogP contribution in [0.3, 0.4) is 0 Å². The topological polar surface area (TPSA) is 20.2 Å². The molecule has 0 aromatic heterocycles. The minimum Gasteiger partial charge on any atom is -0.389 e. The van der Waals surface area contributed by atoms with Gasteiger partial charge in [0.1, 0.15) is 0 Å². The third kappa shape index (κ3) is 3.30. The summed E-state index contributed by atoms with van der Waals surface area (Å²) in [5.74, 6) is 1.10. The molecule has 1 unspecified atom stereocenters. The van der Waals surface area contributed by atoms with Crippen molar-refractivity contribution in [1.29, 1.82) is 0 Å². The first-order chi connectivity index (χ1) is 6.65. The zero-order valence-corrected chi connectivity index (χ0v) is 10.9. The molecule has 0 saturated heterocycles. The van der Waals surface area contributed by atoms with Crippen molar-refractivity contribution in [2.75, 3.05) is 5.75 Å². The Morgan fingerprint density at radius 2 is 2.21 bits per heavy atom. The van der Waals surface area contributed by atoms with Gasteiger partial charge >= 0.3 is 0 Å². The summed E-state index contributed by atoms with van der Waals surface area (Å²) < 4.78 is 1.02. The van der Waals surface area contributed by atoms with E-state index >= 15 is 0 Å². The van der Waals surface area contributed by atoms with E-state index in [1.54, 1.807) is 18.7 Å². The lowest BCUT2D eigenvalue weighted by molar-refractivity contribution is 0.196. The van der Waals surface area contributed by atoms with E-state index in [9.17, 15) is 5.11 Å². The summed E-state index contributed by atoms with van der Waals surface area (Å²) in [6.07, 6.45) is 0.756. The summed E-state index contributed by atoms with van der Waals surface area (Å²) in [5, 5.41) is 9.59. The molecule has 1 rings (SSSR count). The quantitative estimate of drug-likeness (QED) is 0.838. The Kier molecular flexibility index (Phi) is 4.99. The first-order valence-electron chi connectivity index (χ1n) is 4.75. The van der Waals surface area contributed by atoms with Crippen LogP contribution in [0, 0.1) is 0 Å². The van der Waals surface area contributed by atoms with Gasteiger partial charge < -0.3 is 5.11 Å². The van der Waals surface area contributed by atoms with Crippen LogP contribution in [0.5, 0.6) is 0 Å². The normalized spacial score (nSPS) is 12.9. The number of aliphatic hydroxyl groups excluding tert-OH is 1. The Labute approximate surface area is 98.0 Å². The van der Waals surface area contributed by atoms with Gasteiger partial charge in [-0.3, -0.25) is 0 Å². The average Bonchev–Trinajstić information content (AvgIpc) is 2.15. The van der Waals surface area contributed by atoms with E-state index in [4.69, 9.17) is 0 Å². The lowest BCUT2D eigenvalue weighted by Gasteiger charge is -2.11. The molecule has 0 bridgehead atoms. The second kappa shape index (κ2) is 5.79. The largest absolute Gasteiger partial charge is 0.389 e. The standard InChI is InChI=1S/C11H15BrOS/c1-3-6-14-11-5-4-9(12)7-10(11)8(2)13/h4-5,7-8,13H,3,6H2,1-2H3. The van der Waals surface area contributed by atoms with Gasteiger partial charge in [-0.1, -0.05) is 22.9 Å². The van der Waals surface area contributed by atoms with Crippen LogP contribution in [0.25, 0.3) is 0 Å². The Balaban J connectivity index is 2.90. The van der Waals surface area contributed by atoms with Gasteiger partial charge in [0.25, 0.3) is 0 Å². The van der Waals surface area contributed by atoms with Crippen LogP contribution in [0.1, 0.15) is 31.9 Å². The number of aliphatic hydroxyl groups is 1. The van der Waals surface area contributed by atoms with Crippen LogP contribution in [-0.2, 0) is 0 Å². The Bertz CT molecular complexity index is 299. The van der Waals surface area contributed by atoms with Gasteiger partial charge in [-0.25, -0.2) is 0 Å². The van der Waals surface area contributed by atoms with Crippen molar-refractivity contribution in [2.24, 2.45) is 0 Å². The summed E-state index contributed by atoms with van der Waals surface area (Å²) in [7, 11) is 0. The highest BCUT2D eigenvalue weighted by molar-refractivity contribution is 9.10. The van der Waals surface area contributed by atoms with E-state index in [0.29, 0.717) is 0 Å². The average molecular weight is 275 g/mol. The molecule has 0 heterocycles. The number of benzene rings is 1. The number of halogens is 1. The predicted octanol–water partition coefficient (Wildman–Crippen LogP) is 4.00. The van der Waals surface area contributed by atoms with Gasteiger partial charge in [0.15, 0.2) is 0 Å². The first-order valence-corrected chi connectivity index (χ1v) is 6.53. The minimum atomic E-state index is -0.396. The summed E-state index contributed by atoms with van der Waals surface area (Å²) in [6.45, 7) is 3.96. The molecular formula is C11H15BrOS. The van der Waals surface area contributed by atoms with Crippen LogP contribution in [0.4, 0.5) is 0 Å². The molecule has 1 nitrogen and oxygen atoms in total. The fourth-order valence-corrected chi connectivity index (χ4v) is 2.55. The van der Waals surface area contributed by atoms with Gasteiger partial charge in [0.2, 0.25) is 0 Å². The zero-order valence-electron chi connectivity index (χ0n) is 8.46. The molecule has 0 spiro atoms. The highest BCUT2D eigenvalue weighted by Gasteiger charge is 2.08. The highest BCUT2D eigenvalue weighted by atomic mass is 79.9. The molecule has 0 saturated carbocycles. The molecule has 0 radical (unpaired) electrons. The molecule has 0 aliphatic heterocycles. The second-order valence-corrected chi connectivity index (χ2v) is 5.26. The van der Waals surface area contributed by atoms with Gasteiger partial charge in [0.05, 0.1) is 6.10 Å². The van der Waals surface area contributed by atoms with E-state index in [1.165, 1.54) is 4.90 Å². The van der Waals surface area contributed by atoms with E-state index in [0.717, 1.165) is 22.2 Å². The number of rotatable bonds is 4. The molecule has 0 aliphatic rings. The third-order valence-electron chi connectivity index (χ3n) is 1.88. The SMILES string of the molecule is CCCSc1ccc(Br)cc1C(C)O. The molecule has 14 heavy (non-hydrogen) atoms. The molecule has 3 heteroatoms. The van der Waals surface area contributed by atoms with Crippen molar-refractivity contribution in [2.45, 2.75) is 31.3 Å². The van der Waals surface area contributed by atoms with Gasteiger partial charge in [-0.05, 0) is 42.9 Å². The maximum absolute atomic E-state index is 9.59. The van der Waals surface area contributed by atoms with Gasteiger partial charge in [-0.2, -0.15) is 0 Å². The molecule has 0 fully saturated rings. The number of hydrogen-bond donors (Lipinski definition) is 1. The molecule has 0 aliphatic carbocycles. The molecule has 1 N–H and O–H groups in total. The summed E-state index contributed by atoms with van der Waals surface area (Å²) in [4.78, 5) is 1.19. The smallest absolute Gasteiger partial charge is 0.0773 e. The maximum atomic E-state index is 9.59. The number of hydrogen-bond acceptors (Lipinski definition) is 2. The van der Waals surface area contributed by atoms with Gasteiger partial charge in [0, 0.05) is 9.37 Å². The zero-order chi connectivity index (χ0) is 10.6. The van der Waals surface area contributed by atoms with Crippen molar-refractivity contribution in [3.05, 3.63) is 28.2 Å². The first kappa shape index (κ1) is 12.1. The Morgan fingerprint density at radius 3 is 2.79 bits per heavy atom. The monoisotopic (exact) mass is 274 g/mol. The van der Waals surface area contributed by atoms with Crippen molar-refractivity contribution in [1.82, 2.24) is 0 Å². The third-order valence-corrected chi connectivity index (χ3v) is 3.67. The molecule has 1 aromatic carbocycles. The van der Waals surface area contributed by atoms with E-state index in [2.05, 4.69) is 28.9 Å². The van der Waals surface area contributed by atoms with E-state index in [1.807, 2.05) is 12.1 Å².